The minimum atomic E-state index is -0.377. The van der Waals surface area contributed by atoms with Crippen LogP contribution in [0.25, 0.3) is 0 Å². The Bertz CT molecular complexity index is 1250. The maximum absolute atomic E-state index is 13.3. The Morgan fingerprint density at radius 3 is 2.31 bits per heavy atom. The molecule has 1 aromatic heterocycles. The van der Waals surface area contributed by atoms with Gasteiger partial charge >= 0.3 is 0 Å². The second-order valence-electron chi connectivity index (χ2n) is 9.45. The van der Waals surface area contributed by atoms with Gasteiger partial charge in [-0.25, -0.2) is 4.68 Å². The number of hydrogen-bond donors (Lipinski definition) is 0. The Kier molecular flexibility index (Phi) is 5.57. The molecule has 3 aromatic rings. The third-order valence-electron chi connectivity index (χ3n) is 7.38. The van der Waals surface area contributed by atoms with Crippen molar-refractivity contribution in [3.8, 4) is 0 Å². The second kappa shape index (κ2) is 8.77. The van der Waals surface area contributed by atoms with E-state index >= 15 is 0 Å². The van der Waals surface area contributed by atoms with Crippen LogP contribution in [0.4, 0.5) is 0 Å². The van der Waals surface area contributed by atoms with Gasteiger partial charge < -0.3 is 14.5 Å². The molecule has 1 saturated heterocycles. The van der Waals surface area contributed by atoms with Crippen molar-refractivity contribution < 1.29 is 14.3 Å². The van der Waals surface area contributed by atoms with Crippen LogP contribution in [0, 0.1) is 0 Å². The molecule has 6 rings (SSSR count). The molecular formula is C26H26ClN5O3. The zero-order valence-corrected chi connectivity index (χ0v) is 20.0. The van der Waals surface area contributed by atoms with Gasteiger partial charge in [-0.2, -0.15) is 0 Å². The molecule has 2 aromatic carbocycles. The van der Waals surface area contributed by atoms with Crippen LogP contribution in [0.15, 0.2) is 54.6 Å². The van der Waals surface area contributed by atoms with Crippen LogP contribution >= 0.6 is 11.6 Å². The summed E-state index contributed by atoms with van der Waals surface area (Å²) in [7, 11) is 0. The van der Waals surface area contributed by atoms with Gasteiger partial charge in [0.2, 0.25) is 5.91 Å². The fraction of sp³-hybridized carbons (Fsp3) is 0.385. The number of benzene rings is 2. The highest BCUT2D eigenvalue weighted by molar-refractivity contribution is 6.30. The molecular weight excluding hydrogens is 466 g/mol. The Balaban J connectivity index is 1.10. The van der Waals surface area contributed by atoms with Crippen LogP contribution in [-0.4, -0.2) is 62.8 Å². The minimum Gasteiger partial charge on any atom is -0.365 e. The highest BCUT2D eigenvalue weighted by Crippen LogP contribution is 2.49. The summed E-state index contributed by atoms with van der Waals surface area (Å²) >= 11 is 5.99. The number of ether oxygens (including phenoxy) is 1. The van der Waals surface area contributed by atoms with Crippen molar-refractivity contribution >= 4 is 23.4 Å². The summed E-state index contributed by atoms with van der Waals surface area (Å²) < 4.78 is 7.79. The number of amides is 2. The van der Waals surface area contributed by atoms with Gasteiger partial charge in [-0.05, 0) is 36.1 Å². The molecule has 2 amide bonds. The molecule has 8 nitrogen and oxygen atoms in total. The summed E-state index contributed by atoms with van der Waals surface area (Å²) in [5.74, 6) is 0.0227. The first-order valence-electron chi connectivity index (χ1n) is 12.0. The number of rotatable bonds is 4. The monoisotopic (exact) mass is 491 g/mol. The Morgan fingerprint density at radius 1 is 0.943 bits per heavy atom. The lowest BCUT2D eigenvalue weighted by atomic mass is 9.94. The minimum absolute atomic E-state index is 0.156. The van der Waals surface area contributed by atoms with E-state index in [4.69, 9.17) is 16.3 Å². The van der Waals surface area contributed by atoms with Crippen molar-refractivity contribution in [3.05, 3.63) is 82.1 Å². The highest BCUT2D eigenvalue weighted by atomic mass is 35.5. The van der Waals surface area contributed by atoms with E-state index in [-0.39, 0.29) is 29.9 Å². The Hall–Kier alpha value is -3.23. The average molecular weight is 492 g/mol. The lowest BCUT2D eigenvalue weighted by Crippen LogP contribution is -2.53. The summed E-state index contributed by atoms with van der Waals surface area (Å²) in [6.07, 6.45) is 1.61. The summed E-state index contributed by atoms with van der Waals surface area (Å²) in [6, 6.07) is 17.6. The number of halogens is 1. The average Bonchev–Trinajstić information content (AvgIpc) is 3.62. The van der Waals surface area contributed by atoms with Gasteiger partial charge in [0.05, 0.1) is 24.3 Å². The van der Waals surface area contributed by atoms with Crippen molar-refractivity contribution in [3.63, 3.8) is 0 Å². The smallest absolute Gasteiger partial charge is 0.276 e. The van der Waals surface area contributed by atoms with E-state index in [1.54, 1.807) is 9.58 Å². The SMILES string of the molecule is O=C(c1nnn2c1CO[C@@H](c1ccc(Cl)cc1)C2)N1CCN(C(=O)C2(c3ccccc3)CC2)CC1. The number of fused-ring (bicyclic) bond motifs is 1. The fourth-order valence-corrected chi connectivity index (χ4v) is 5.26. The van der Waals surface area contributed by atoms with Crippen LogP contribution in [0.3, 0.4) is 0 Å². The first-order chi connectivity index (χ1) is 17.0. The molecule has 3 heterocycles. The summed E-state index contributed by atoms with van der Waals surface area (Å²) in [4.78, 5) is 30.3. The van der Waals surface area contributed by atoms with E-state index in [0.717, 1.165) is 24.0 Å². The first kappa shape index (κ1) is 22.2. The summed E-state index contributed by atoms with van der Waals surface area (Å²) in [5.41, 5.74) is 2.75. The quantitative estimate of drug-likeness (QED) is 0.560. The molecule has 0 radical (unpaired) electrons. The molecule has 1 saturated carbocycles. The normalized spacial score (nSPS) is 20.9. The molecule has 180 valence electrons. The standard InChI is InChI=1S/C26H26ClN5O3/c27-20-8-6-18(7-9-20)22-16-32-21(17-35-22)23(28-29-32)24(33)30-12-14-31(15-13-30)25(34)26(10-11-26)19-4-2-1-3-5-19/h1-9,22H,10-17H2/t22-/m1/s1. The zero-order chi connectivity index (χ0) is 24.0. The van der Waals surface area contributed by atoms with Crippen LogP contribution in [-0.2, 0) is 28.1 Å². The molecule has 0 spiro atoms. The molecule has 3 aliphatic rings. The van der Waals surface area contributed by atoms with E-state index in [1.807, 2.05) is 59.5 Å². The third-order valence-corrected chi connectivity index (χ3v) is 7.63. The fourth-order valence-electron chi connectivity index (χ4n) is 5.13. The van der Waals surface area contributed by atoms with Crippen LogP contribution < -0.4 is 0 Å². The zero-order valence-electron chi connectivity index (χ0n) is 19.3. The predicted molar refractivity (Wildman–Crippen MR) is 129 cm³/mol. The maximum atomic E-state index is 13.3. The molecule has 35 heavy (non-hydrogen) atoms. The molecule has 1 atom stereocenters. The number of piperazine rings is 1. The van der Waals surface area contributed by atoms with E-state index in [2.05, 4.69) is 10.3 Å². The van der Waals surface area contributed by atoms with Gasteiger partial charge in [-0.3, -0.25) is 9.59 Å². The number of hydrogen-bond acceptors (Lipinski definition) is 5. The first-order valence-corrected chi connectivity index (χ1v) is 12.4. The predicted octanol–water partition coefficient (Wildman–Crippen LogP) is 3.22. The van der Waals surface area contributed by atoms with E-state index in [1.165, 1.54) is 0 Å². The van der Waals surface area contributed by atoms with Gasteiger partial charge in [-0.1, -0.05) is 59.3 Å². The van der Waals surface area contributed by atoms with Crippen molar-refractivity contribution in [1.29, 1.82) is 0 Å². The molecule has 0 N–H and O–H groups in total. The number of nitrogens with zero attached hydrogens (tertiary/aromatic N) is 5. The number of aromatic nitrogens is 3. The van der Waals surface area contributed by atoms with Gasteiger partial charge in [0.1, 0.15) is 6.10 Å². The lowest BCUT2D eigenvalue weighted by Gasteiger charge is -2.36. The highest BCUT2D eigenvalue weighted by Gasteiger charge is 2.53. The molecule has 2 aliphatic heterocycles. The molecule has 9 heteroatoms. The second-order valence-corrected chi connectivity index (χ2v) is 9.89. The topological polar surface area (TPSA) is 80.6 Å². The summed E-state index contributed by atoms with van der Waals surface area (Å²) in [5, 5.41) is 9.10. The van der Waals surface area contributed by atoms with E-state index in [9.17, 15) is 9.59 Å². The molecule has 0 bridgehead atoms. The van der Waals surface area contributed by atoms with E-state index in [0.29, 0.717) is 49.1 Å². The van der Waals surface area contributed by atoms with Crippen LogP contribution in [0.1, 0.15) is 46.3 Å². The van der Waals surface area contributed by atoms with Crippen LogP contribution in [0.2, 0.25) is 5.02 Å². The van der Waals surface area contributed by atoms with Crippen molar-refractivity contribution in [1.82, 2.24) is 24.8 Å². The maximum Gasteiger partial charge on any atom is 0.276 e. The number of carbonyl (C=O) groups excluding carboxylic acids is 2. The van der Waals surface area contributed by atoms with Gasteiger partial charge in [-0.15, -0.1) is 5.10 Å². The van der Waals surface area contributed by atoms with Gasteiger partial charge in [0, 0.05) is 31.2 Å². The van der Waals surface area contributed by atoms with Crippen molar-refractivity contribution in [2.24, 2.45) is 0 Å². The number of carbonyl (C=O) groups is 2. The lowest BCUT2D eigenvalue weighted by molar-refractivity contribution is -0.135. The van der Waals surface area contributed by atoms with E-state index < -0.39 is 0 Å². The summed E-state index contributed by atoms with van der Waals surface area (Å²) in [6.45, 7) is 2.77. The molecule has 0 unspecified atom stereocenters. The van der Waals surface area contributed by atoms with Gasteiger partial charge in [0.25, 0.3) is 5.91 Å². The third kappa shape index (κ3) is 4.00. The van der Waals surface area contributed by atoms with Gasteiger partial charge in [0.15, 0.2) is 5.69 Å². The Labute approximate surface area is 208 Å². The molecule has 1 aliphatic carbocycles. The van der Waals surface area contributed by atoms with Crippen LogP contribution in [0.5, 0.6) is 0 Å². The van der Waals surface area contributed by atoms with Crippen molar-refractivity contribution in [2.45, 2.75) is 37.5 Å². The molecule has 2 fully saturated rings. The van der Waals surface area contributed by atoms with Crippen molar-refractivity contribution in [2.75, 3.05) is 26.2 Å². The Morgan fingerprint density at radius 2 is 1.63 bits per heavy atom. The largest absolute Gasteiger partial charge is 0.365 e.